The second kappa shape index (κ2) is 6.42. The smallest absolute Gasteiger partial charge is 0.248 e. The first kappa shape index (κ1) is 15.6. The summed E-state index contributed by atoms with van der Waals surface area (Å²) in [4.78, 5) is 12.8. The van der Waals surface area contributed by atoms with Gasteiger partial charge in [0.25, 0.3) is 0 Å². The van der Waals surface area contributed by atoms with Crippen molar-refractivity contribution < 1.29 is 9.53 Å². The summed E-state index contributed by atoms with van der Waals surface area (Å²) in [5.41, 5.74) is -1.18. The highest BCUT2D eigenvalue weighted by Gasteiger charge is 2.44. The number of amides is 1. The van der Waals surface area contributed by atoms with Crippen LogP contribution in [0.2, 0.25) is 0 Å². The van der Waals surface area contributed by atoms with Gasteiger partial charge in [-0.05, 0) is 10.4 Å². The summed E-state index contributed by atoms with van der Waals surface area (Å²) in [6.07, 6.45) is 9.85. The third-order valence-corrected chi connectivity index (χ3v) is 4.39. The van der Waals surface area contributed by atoms with Crippen molar-refractivity contribution in [2.24, 2.45) is 10.2 Å². The van der Waals surface area contributed by atoms with Crippen LogP contribution in [-0.2, 0) is 15.1 Å². The Hall–Kier alpha value is -2.34. The van der Waals surface area contributed by atoms with Crippen LogP contribution in [0.15, 0.2) is 16.6 Å². The number of nitrogens with one attached hydrogen (secondary N) is 1. The maximum atomic E-state index is 12.8. The van der Waals surface area contributed by atoms with E-state index in [2.05, 4.69) is 37.0 Å². The van der Waals surface area contributed by atoms with Crippen LogP contribution in [0.25, 0.3) is 0 Å². The standard InChI is InChI=1S/C14H19N7O2/c1-2-3-4-14(17-18-14)5-8-15-12(22)13(6-9-23-10-7-13)21-11-16-19-20-21/h1,11H,3-10H2,(H,15,22). The van der Waals surface area contributed by atoms with E-state index in [-0.39, 0.29) is 5.91 Å². The highest BCUT2D eigenvalue weighted by molar-refractivity contribution is 5.84. The molecule has 9 heteroatoms. The lowest BCUT2D eigenvalue weighted by Crippen LogP contribution is -2.52. The minimum atomic E-state index is -0.786. The van der Waals surface area contributed by atoms with E-state index in [9.17, 15) is 4.79 Å². The molecule has 3 rings (SSSR count). The third kappa shape index (κ3) is 3.22. The van der Waals surface area contributed by atoms with Crippen LogP contribution in [0.4, 0.5) is 0 Å². The molecule has 122 valence electrons. The van der Waals surface area contributed by atoms with E-state index in [1.54, 1.807) is 0 Å². The fourth-order valence-electron chi connectivity index (χ4n) is 2.84. The zero-order chi connectivity index (χ0) is 16.2. The molecule has 3 heterocycles. The average molecular weight is 317 g/mol. The van der Waals surface area contributed by atoms with Crippen LogP contribution in [0.3, 0.4) is 0 Å². The molecule has 0 unspecified atom stereocenters. The number of rotatable bonds is 7. The molecule has 0 radical (unpaired) electrons. The van der Waals surface area contributed by atoms with E-state index in [0.29, 0.717) is 45.4 Å². The number of ether oxygens (including phenoxy) is 1. The van der Waals surface area contributed by atoms with Crippen LogP contribution in [0, 0.1) is 12.3 Å². The van der Waals surface area contributed by atoms with Gasteiger partial charge in [-0.1, -0.05) is 0 Å². The Morgan fingerprint density at radius 3 is 2.74 bits per heavy atom. The Morgan fingerprint density at radius 2 is 2.13 bits per heavy atom. The molecule has 1 aromatic rings. The van der Waals surface area contributed by atoms with E-state index < -0.39 is 11.2 Å². The van der Waals surface area contributed by atoms with Crippen molar-refractivity contribution in [3.63, 3.8) is 0 Å². The molecule has 23 heavy (non-hydrogen) atoms. The van der Waals surface area contributed by atoms with E-state index in [1.165, 1.54) is 11.0 Å². The van der Waals surface area contributed by atoms with Crippen LogP contribution in [-0.4, -0.2) is 51.5 Å². The first-order chi connectivity index (χ1) is 11.2. The van der Waals surface area contributed by atoms with Crippen LogP contribution in [0.1, 0.15) is 32.1 Å². The SMILES string of the molecule is C#CCCC1(CCNC(=O)C2(n3cnnn3)CCOCC2)N=N1. The van der Waals surface area contributed by atoms with Gasteiger partial charge in [-0.2, -0.15) is 10.2 Å². The molecule has 1 fully saturated rings. The number of hydrogen-bond acceptors (Lipinski definition) is 7. The molecule has 1 N–H and O–H groups in total. The Balaban J connectivity index is 1.58. The number of carbonyl (C=O) groups is 1. The fraction of sp³-hybridized carbons (Fsp3) is 0.714. The number of carbonyl (C=O) groups excluding carboxylic acids is 1. The second-order valence-electron chi connectivity index (χ2n) is 5.79. The van der Waals surface area contributed by atoms with Gasteiger partial charge in [0, 0.05) is 51.9 Å². The molecule has 1 amide bonds. The number of hydrogen-bond donors (Lipinski definition) is 1. The van der Waals surface area contributed by atoms with Crippen molar-refractivity contribution in [3.05, 3.63) is 6.33 Å². The van der Waals surface area contributed by atoms with Gasteiger partial charge in [0.15, 0.2) is 5.66 Å². The summed E-state index contributed by atoms with van der Waals surface area (Å²) in [5.74, 6) is 2.50. The first-order valence-corrected chi connectivity index (χ1v) is 7.68. The van der Waals surface area contributed by atoms with E-state index in [1.807, 2.05) is 0 Å². The largest absolute Gasteiger partial charge is 0.381 e. The summed E-state index contributed by atoms with van der Waals surface area (Å²) >= 11 is 0. The normalized spacial score (nSPS) is 20.7. The fourth-order valence-corrected chi connectivity index (χ4v) is 2.84. The minimum absolute atomic E-state index is 0.0964. The van der Waals surface area contributed by atoms with Crippen LogP contribution in [0.5, 0.6) is 0 Å². The van der Waals surface area contributed by atoms with E-state index >= 15 is 0 Å². The molecule has 0 aromatic carbocycles. The maximum absolute atomic E-state index is 12.8. The number of aromatic nitrogens is 4. The molecule has 0 atom stereocenters. The van der Waals surface area contributed by atoms with Gasteiger partial charge in [-0.15, -0.1) is 17.4 Å². The number of nitrogens with zero attached hydrogens (tertiary/aromatic N) is 6. The van der Waals surface area contributed by atoms with Crippen molar-refractivity contribution in [3.8, 4) is 12.3 Å². The van der Waals surface area contributed by atoms with Crippen LogP contribution >= 0.6 is 0 Å². The predicted octanol–water partition coefficient (Wildman–Crippen LogP) is 0.261. The van der Waals surface area contributed by atoms with E-state index in [4.69, 9.17) is 11.2 Å². The predicted molar refractivity (Wildman–Crippen MR) is 79.1 cm³/mol. The number of tetrazole rings is 1. The summed E-state index contributed by atoms with van der Waals surface area (Å²) in [7, 11) is 0. The Kier molecular flexibility index (Phi) is 4.34. The first-order valence-electron chi connectivity index (χ1n) is 7.68. The summed E-state index contributed by atoms with van der Waals surface area (Å²) in [6, 6.07) is 0. The highest BCUT2D eigenvalue weighted by Crippen LogP contribution is 2.36. The zero-order valence-corrected chi connectivity index (χ0v) is 12.8. The molecule has 0 saturated carbocycles. The zero-order valence-electron chi connectivity index (χ0n) is 12.8. The quantitative estimate of drug-likeness (QED) is 0.726. The van der Waals surface area contributed by atoms with E-state index in [0.717, 1.165) is 6.42 Å². The van der Waals surface area contributed by atoms with Gasteiger partial charge in [0.2, 0.25) is 5.91 Å². The van der Waals surface area contributed by atoms with Gasteiger partial charge in [0.1, 0.15) is 11.9 Å². The monoisotopic (exact) mass is 317 g/mol. The van der Waals surface area contributed by atoms with Gasteiger partial charge >= 0.3 is 0 Å². The Bertz CT molecular complexity index is 608. The molecule has 0 spiro atoms. The van der Waals surface area contributed by atoms with Crippen molar-refractivity contribution in [2.75, 3.05) is 19.8 Å². The lowest BCUT2D eigenvalue weighted by molar-refractivity contribution is -0.136. The van der Waals surface area contributed by atoms with Crippen molar-refractivity contribution in [1.82, 2.24) is 25.5 Å². The molecule has 0 bridgehead atoms. The van der Waals surface area contributed by atoms with Crippen molar-refractivity contribution in [2.45, 2.75) is 43.3 Å². The maximum Gasteiger partial charge on any atom is 0.248 e. The number of terminal acetylenes is 1. The van der Waals surface area contributed by atoms with Crippen molar-refractivity contribution >= 4 is 5.91 Å². The molecule has 2 aliphatic rings. The topological polar surface area (TPSA) is 107 Å². The second-order valence-corrected chi connectivity index (χ2v) is 5.79. The van der Waals surface area contributed by atoms with Gasteiger partial charge < -0.3 is 10.1 Å². The minimum Gasteiger partial charge on any atom is -0.381 e. The molecule has 0 aliphatic carbocycles. The summed E-state index contributed by atoms with van der Waals surface area (Å²) < 4.78 is 6.91. The molecular weight excluding hydrogens is 298 g/mol. The Labute approximate surface area is 133 Å². The Morgan fingerprint density at radius 1 is 1.35 bits per heavy atom. The van der Waals surface area contributed by atoms with Crippen molar-refractivity contribution in [1.29, 1.82) is 0 Å². The molecule has 1 aromatic heterocycles. The lowest BCUT2D eigenvalue weighted by atomic mass is 9.89. The van der Waals surface area contributed by atoms with Gasteiger partial charge in [-0.3, -0.25) is 4.79 Å². The third-order valence-electron chi connectivity index (χ3n) is 4.39. The molecule has 2 aliphatic heterocycles. The summed E-state index contributed by atoms with van der Waals surface area (Å²) in [5, 5.41) is 22.3. The van der Waals surface area contributed by atoms with Gasteiger partial charge in [-0.25, -0.2) is 4.68 Å². The molecular formula is C14H19N7O2. The van der Waals surface area contributed by atoms with Crippen LogP contribution < -0.4 is 5.32 Å². The average Bonchev–Trinajstić information content (AvgIpc) is 3.12. The van der Waals surface area contributed by atoms with Gasteiger partial charge in [0.05, 0.1) is 0 Å². The molecule has 1 saturated heterocycles. The molecule has 9 nitrogen and oxygen atoms in total. The highest BCUT2D eigenvalue weighted by atomic mass is 16.5. The lowest BCUT2D eigenvalue weighted by Gasteiger charge is -2.35. The summed E-state index contributed by atoms with van der Waals surface area (Å²) in [6.45, 7) is 1.50.